The van der Waals surface area contributed by atoms with E-state index < -0.39 is 0 Å². The maximum absolute atomic E-state index is 12.0. The van der Waals surface area contributed by atoms with E-state index in [4.69, 9.17) is 4.74 Å². The van der Waals surface area contributed by atoms with Crippen molar-refractivity contribution in [1.82, 2.24) is 9.88 Å². The zero-order chi connectivity index (χ0) is 13.9. The summed E-state index contributed by atoms with van der Waals surface area (Å²) >= 11 is 0. The largest absolute Gasteiger partial charge is 0.497 e. The van der Waals surface area contributed by atoms with E-state index in [1.165, 1.54) is 16.6 Å². The Morgan fingerprint density at radius 1 is 1.40 bits per heavy atom. The van der Waals surface area contributed by atoms with Gasteiger partial charge in [0.2, 0.25) is 5.91 Å². The Bertz CT molecular complexity index is 704. The smallest absolute Gasteiger partial charge is 0.223 e. The predicted molar refractivity (Wildman–Crippen MR) is 76.8 cm³/mol. The highest BCUT2D eigenvalue weighted by atomic mass is 16.5. The Hall–Kier alpha value is -1.97. The lowest BCUT2D eigenvalue weighted by Gasteiger charge is -2.31. The van der Waals surface area contributed by atoms with Crippen molar-refractivity contribution in [2.75, 3.05) is 13.7 Å². The van der Waals surface area contributed by atoms with Crippen LogP contribution >= 0.6 is 0 Å². The number of aromatic amines is 1. The number of nitrogens with zero attached hydrogens (tertiary/aromatic N) is 1. The number of amides is 1. The van der Waals surface area contributed by atoms with E-state index in [-0.39, 0.29) is 6.04 Å². The maximum Gasteiger partial charge on any atom is 0.223 e. The number of hydrogen-bond acceptors (Lipinski definition) is 2. The van der Waals surface area contributed by atoms with Gasteiger partial charge in [0.15, 0.2) is 0 Å². The van der Waals surface area contributed by atoms with Crippen LogP contribution in [-0.2, 0) is 11.2 Å². The van der Waals surface area contributed by atoms with Gasteiger partial charge in [-0.25, -0.2) is 0 Å². The summed E-state index contributed by atoms with van der Waals surface area (Å²) < 4.78 is 5.33. The van der Waals surface area contributed by atoms with Gasteiger partial charge in [-0.15, -0.1) is 0 Å². The van der Waals surface area contributed by atoms with Gasteiger partial charge in [-0.2, -0.15) is 0 Å². The summed E-state index contributed by atoms with van der Waals surface area (Å²) in [7, 11) is 1.69. The number of aromatic nitrogens is 1. The molecule has 1 N–H and O–H groups in total. The van der Waals surface area contributed by atoms with Crippen LogP contribution in [0.4, 0.5) is 0 Å². The fourth-order valence-electron chi connectivity index (χ4n) is 3.80. The summed E-state index contributed by atoms with van der Waals surface area (Å²) in [5.74, 6) is 1.57. The highest BCUT2D eigenvalue weighted by Gasteiger charge is 2.42. The minimum absolute atomic E-state index is 0.227. The van der Waals surface area contributed by atoms with Crippen molar-refractivity contribution in [3.8, 4) is 5.75 Å². The van der Waals surface area contributed by atoms with E-state index in [1.807, 2.05) is 11.0 Å². The Morgan fingerprint density at radius 3 is 3.05 bits per heavy atom. The number of hydrogen-bond donors (Lipinski definition) is 1. The summed E-state index contributed by atoms with van der Waals surface area (Å²) in [6.07, 6.45) is 1.60. The second kappa shape index (κ2) is 4.01. The number of carbonyl (C=O) groups is 1. The molecule has 1 saturated heterocycles. The lowest BCUT2D eigenvalue weighted by molar-refractivity contribution is -0.129. The molecule has 2 aliphatic rings. The predicted octanol–water partition coefficient (Wildman–Crippen LogP) is 2.64. The van der Waals surface area contributed by atoms with Crippen LogP contribution in [0.2, 0.25) is 0 Å². The quantitative estimate of drug-likeness (QED) is 0.866. The van der Waals surface area contributed by atoms with Gasteiger partial charge in [-0.1, -0.05) is 6.92 Å². The molecule has 4 heteroatoms. The minimum Gasteiger partial charge on any atom is -0.497 e. The number of benzene rings is 1. The van der Waals surface area contributed by atoms with Crippen LogP contribution < -0.4 is 4.74 Å². The monoisotopic (exact) mass is 270 g/mol. The number of nitrogens with one attached hydrogen (secondary N) is 1. The summed E-state index contributed by atoms with van der Waals surface area (Å²) in [5, 5.41) is 1.24. The zero-order valence-corrected chi connectivity index (χ0v) is 11.8. The summed E-state index contributed by atoms with van der Waals surface area (Å²) in [5.41, 5.74) is 3.74. The van der Waals surface area contributed by atoms with Gasteiger partial charge in [0.05, 0.1) is 13.2 Å². The number of ether oxygens (including phenoxy) is 1. The van der Waals surface area contributed by atoms with Crippen LogP contribution in [0.15, 0.2) is 18.2 Å². The second-order valence-electron chi connectivity index (χ2n) is 5.89. The topological polar surface area (TPSA) is 45.3 Å². The third-order valence-electron chi connectivity index (χ3n) is 4.74. The van der Waals surface area contributed by atoms with Crippen LogP contribution in [0.1, 0.15) is 30.6 Å². The van der Waals surface area contributed by atoms with Crippen molar-refractivity contribution in [3.63, 3.8) is 0 Å². The third kappa shape index (κ3) is 1.45. The van der Waals surface area contributed by atoms with Crippen molar-refractivity contribution >= 4 is 16.8 Å². The molecule has 1 aromatic carbocycles. The van der Waals surface area contributed by atoms with E-state index in [2.05, 4.69) is 24.0 Å². The number of fused-ring (bicyclic) bond motifs is 5. The van der Waals surface area contributed by atoms with Crippen molar-refractivity contribution in [2.45, 2.75) is 25.8 Å². The molecular formula is C16H18N2O2. The first-order valence-corrected chi connectivity index (χ1v) is 7.17. The lowest BCUT2D eigenvalue weighted by Crippen LogP contribution is -2.35. The maximum atomic E-state index is 12.0. The fourth-order valence-corrected chi connectivity index (χ4v) is 3.80. The molecule has 2 atom stereocenters. The molecule has 1 amide bonds. The van der Waals surface area contributed by atoms with Gasteiger partial charge in [0, 0.05) is 29.6 Å². The van der Waals surface area contributed by atoms with Crippen LogP contribution in [0.5, 0.6) is 5.75 Å². The number of H-pyrrole nitrogens is 1. The Morgan fingerprint density at radius 2 is 2.25 bits per heavy atom. The molecule has 104 valence electrons. The molecule has 3 heterocycles. The summed E-state index contributed by atoms with van der Waals surface area (Å²) in [6.45, 7) is 3.01. The van der Waals surface area contributed by atoms with Gasteiger partial charge in [0.25, 0.3) is 0 Å². The van der Waals surface area contributed by atoms with Crippen molar-refractivity contribution in [1.29, 1.82) is 0 Å². The van der Waals surface area contributed by atoms with E-state index in [0.717, 1.165) is 24.2 Å². The molecule has 0 saturated carbocycles. The highest BCUT2D eigenvalue weighted by molar-refractivity contribution is 5.88. The minimum atomic E-state index is 0.227. The van der Waals surface area contributed by atoms with Crippen molar-refractivity contribution in [3.05, 3.63) is 29.5 Å². The van der Waals surface area contributed by atoms with Crippen molar-refractivity contribution in [2.24, 2.45) is 5.92 Å². The molecule has 4 rings (SSSR count). The number of methoxy groups -OCH3 is 1. The fraction of sp³-hybridized carbons (Fsp3) is 0.438. The van der Waals surface area contributed by atoms with Gasteiger partial charge in [-0.05, 0) is 36.1 Å². The molecule has 0 bridgehead atoms. The van der Waals surface area contributed by atoms with E-state index in [0.29, 0.717) is 18.2 Å². The van der Waals surface area contributed by atoms with Gasteiger partial charge >= 0.3 is 0 Å². The molecular weight excluding hydrogens is 252 g/mol. The molecule has 1 fully saturated rings. The van der Waals surface area contributed by atoms with Gasteiger partial charge in [0.1, 0.15) is 5.75 Å². The van der Waals surface area contributed by atoms with E-state index in [9.17, 15) is 4.79 Å². The molecule has 0 aliphatic carbocycles. The molecule has 1 aromatic heterocycles. The molecule has 4 nitrogen and oxygen atoms in total. The van der Waals surface area contributed by atoms with Gasteiger partial charge < -0.3 is 14.6 Å². The zero-order valence-electron chi connectivity index (χ0n) is 11.8. The normalized spacial score (nSPS) is 24.9. The van der Waals surface area contributed by atoms with Crippen LogP contribution in [0, 0.1) is 5.92 Å². The van der Waals surface area contributed by atoms with Gasteiger partial charge in [-0.3, -0.25) is 4.79 Å². The molecule has 0 spiro atoms. The average molecular weight is 270 g/mol. The summed E-state index contributed by atoms with van der Waals surface area (Å²) in [4.78, 5) is 17.6. The molecule has 2 aliphatic heterocycles. The molecule has 2 aromatic rings. The average Bonchev–Trinajstić information content (AvgIpc) is 2.96. The lowest BCUT2D eigenvalue weighted by atomic mass is 9.92. The molecule has 0 radical (unpaired) electrons. The van der Waals surface area contributed by atoms with E-state index >= 15 is 0 Å². The van der Waals surface area contributed by atoms with E-state index in [1.54, 1.807) is 7.11 Å². The SMILES string of the molecule is COc1ccc2[nH]c3c(c2c1)CCN1C(=O)CC(C)C31. The number of rotatable bonds is 1. The first-order chi connectivity index (χ1) is 9.69. The second-order valence-corrected chi connectivity index (χ2v) is 5.89. The first kappa shape index (κ1) is 11.8. The Kier molecular flexibility index (Phi) is 2.37. The van der Waals surface area contributed by atoms with Crippen LogP contribution in [0.3, 0.4) is 0 Å². The first-order valence-electron chi connectivity index (χ1n) is 7.17. The molecule has 20 heavy (non-hydrogen) atoms. The Balaban J connectivity index is 1.91. The van der Waals surface area contributed by atoms with Crippen LogP contribution in [0.25, 0.3) is 10.9 Å². The Labute approximate surface area is 117 Å². The van der Waals surface area contributed by atoms with Crippen molar-refractivity contribution < 1.29 is 9.53 Å². The highest BCUT2D eigenvalue weighted by Crippen LogP contribution is 2.44. The number of carbonyl (C=O) groups excluding carboxylic acids is 1. The standard InChI is InChI=1S/C16H18N2O2/c1-9-7-14(19)18-6-5-11-12-8-10(20-2)3-4-13(12)17-15(11)16(9)18/h3-4,8-9,16-17H,5-7H2,1-2H3. The summed E-state index contributed by atoms with van der Waals surface area (Å²) in [6, 6.07) is 6.37. The third-order valence-corrected chi connectivity index (χ3v) is 4.74. The van der Waals surface area contributed by atoms with Crippen LogP contribution in [-0.4, -0.2) is 29.4 Å². The molecule has 2 unspecified atom stereocenters.